The van der Waals surface area contributed by atoms with Crippen molar-refractivity contribution in [2.45, 2.75) is 33.7 Å². The summed E-state index contributed by atoms with van der Waals surface area (Å²) in [5.41, 5.74) is -0.433. The molecule has 0 bridgehead atoms. The second-order valence-corrected chi connectivity index (χ2v) is 6.39. The fourth-order valence-corrected chi connectivity index (χ4v) is 2.35. The molecule has 1 heterocycles. The highest BCUT2D eigenvalue weighted by Crippen LogP contribution is 2.22. The van der Waals surface area contributed by atoms with Gasteiger partial charge in [0.05, 0.1) is 13.3 Å². The molecule has 0 radical (unpaired) electrons. The SMILES string of the molecule is CCNc1ncc(C(=O)N[C@H](C(=O)OC)C(C)(C)C)s1. The van der Waals surface area contributed by atoms with Crippen molar-refractivity contribution >= 4 is 28.3 Å². The minimum absolute atomic E-state index is 0.322. The van der Waals surface area contributed by atoms with Crippen LogP contribution < -0.4 is 10.6 Å². The molecule has 0 aliphatic carbocycles. The third kappa shape index (κ3) is 4.19. The van der Waals surface area contributed by atoms with Gasteiger partial charge in [-0.1, -0.05) is 32.1 Å². The van der Waals surface area contributed by atoms with Gasteiger partial charge in [0, 0.05) is 6.54 Å². The predicted molar refractivity (Wildman–Crippen MR) is 79.0 cm³/mol. The first-order chi connectivity index (χ1) is 9.29. The largest absolute Gasteiger partial charge is 0.467 e. The summed E-state index contributed by atoms with van der Waals surface area (Å²) >= 11 is 1.25. The first kappa shape index (κ1) is 16.4. The molecule has 1 aromatic heterocycles. The maximum Gasteiger partial charge on any atom is 0.328 e. The Kier molecular flexibility index (Phi) is 5.50. The second-order valence-electron chi connectivity index (χ2n) is 5.36. The van der Waals surface area contributed by atoms with Gasteiger partial charge >= 0.3 is 5.97 Å². The van der Waals surface area contributed by atoms with Crippen LogP contribution in [0.3, 0.4) is 0 Å². The van der Waals surface area contributed by atoms with Crippen LogP contribution >= 0.6 is 11.3 Å². The number of hydrogen-bond donors (Lipinski definition) is 2. The number of nitrogens with zero attached hydrogens (tertiary/aromatic N) is 1. The third-order valence-electron chi connectivity index (χ3n) is 2.64. The van der Waals surface area contributed by atoms with Gasteiger partial charge in [0.2, 0.25) is 0 Å². The van der Waals surface area contributed by atoms with E-state index in [1.165, 1.54) is 24.6 Å². The number of hydrogen-bond acceptors (Lipinski definition) is 6. The van der Waals surface area contributed by atoms with Gasteiger partial charge < -0.3 is 15.4 Å². The quantitative estimate of drug-likeness (QED) is 0.812. The van der Waals surface area contributed by atoms with Crippen molar-refractivity contribution < 1.29 is 14.3 Å². The minimum Gasteiger partial charge on any atom is -0.467 e. The number of ether oxygens (including phenoxy) is 1. The van der Waals surface area contributed by atoms with Gasteiger partial charge in [-0.05, 0) is 12.3 Å². The van der Waals surface area contributed by atoms with E-state index in [-0.39, 0.29) is 5.91 Å². The number of thiazole rings is 1. The van der Waals surface area contributed by atoms with Gasteiger partial charge in [0.25, 0.3) is 5.91 Å². The van der Waals surface area contributed by atoms with Crippen LogP contribution in [0.25, 0.3) is 0 Å². The Labute approximate surface area is 122 Å². The molecule has 0 spiro atoms. The van der Waals surface area contributed by atoms with Gasteiger partial charge in [-0.2, -0.15) is 0 Å². The number of methoxy groups -OCH3 is 1. The average Bonchev–Trinajstić information content (AvgIpc) is 2.82. The van der Waals surface area contributed by atoms with E-state index in [0.717, 1.165) is 6.54 Å². The van der Waals surface area contributed by atoms with Gasteiger partial charge in [0.1, 0.15) is 10.9 Å². The van der Waals surface area contributed by atoms with Crippen molar-refractivity contribution in [3.8, 4) is 0 Å². The lowest BCUT2D eigenvalue weighted by atomic mass is 9.86. The number of amides is 1. The van der Waals surface area contributed by atoms with Crippen molar-refractivity contribution in [1.29, 1.82) is 0 Å². The first-order valence-corrected chi connectivity index (χ1v) is 7.19. The summed E-state index contributed by atoms with van der Waals surface area (Å²) in [6, 6.07) is -0.704. The molecule has 20 heavy (non-hydrogen) atoms. The van der Waals surface area contributed by atoms with E-state index in [4.69, 9.17) is 4.74 Å². The summed E-state index contributed by atoms with van der Waals surface area (Å²) < 4.78 is 4.74. The lowest BCUT2D eigenvalue weighted by molar-refractivity contribution is -0.145. The highest BCUT2D eigenvalue weighted by atomic mass is 32.1. The van der Waals surface area contributed by atoms with Crippen molar-refractivity contribution in [3.63, 3.8) is 0 Å². The van der Waals surface area contributed by atoms with E-state index < -0.39 is 17.4 Å². The van der Waals surface area contributed by atoms with Gasteiger partial charge in [-0.3, -0.25) is 4.79 Å². The van der Waals surface area contributed by atoms with Crippen LogP contribution in [-0.2, 0) is 9.53 Å². The number of carbonyl (C=O) groups excluding carboxylic acids is 2. The summed E-state index contributed by atoms with van der Waals surface area (Å²) in [6.45, 7) is 8.29. The molecule has 0 aliphatic rings. The zero-order valence-electron chi connectivity index (χ0n) is 12.4. The van der Waals surface area contributed by atoms with E-state index in [9.17, 15) is 9.59 Å². The summed E-state index contributed by atoms with van der Waals surface area (Å²) in [7, 11) is 1.31. The topological polar surface area (TPSA) is 80.3 Å². The highest BCUT2D eigenvalue weighted by molar-refractivity contribution is 7.17. The zero-order chi connectivity index (χ0) is 15.3. The fraction of sp³-hybridized carbons (Fsp3) is 0.615. The number of esters is 1. The Hall–Kier alpha value is -1.63. The molecular formula is C13H21N3O3S. The molecule has 0 saturated carbocycles. The molecule has 7 heteroatoms. The molecule has 0 aromatic carbocycles. The molecule has 0 aliphatic heterocycles. The summed E-state index contributed by atoms with van der Waals surface area (Å²) in [5.74, 6) is -0.778. The molecule has 2 N–H and O–H groups in total. The Balaban J connectivity index is 2.82. The smallest absolute Gasteiger partial charge is 0.328 e. The van der Waals surface area contributed by atoms with Crippen LogP contribution in [0.5, 0.6) is 0 Å². The maximum absolute atomic E-state index is 12.2. The maximum atomic E-state index is 12.2. The molecule has 0 saturated heterocycles. The molecule has 0 fully saturated rings. The number of rotatable bonds is 5. The average molecular weight is 299 g/mol. The van der Waals surface area contributed by atoms with Crippen LogP contribution in [0.4, 0.5) is 5.13 Å². The Morgan fingerprint density at radius 1 is 1.45 bits per heavy atom. The van der Waals surface area contributed by atoms with Crippen LogP contribution in [0.15, 0.2) is 6.20 Å². The standard InChI is InChI=1S/C13H21N3O3S/c1-6-14-12-15-7-8(20-12)10(17)16-9(11(18)19-5)13(2,3)4/h7,9H,6H2,1-5H3,(H,14,15)(H,16,17)/t9-/m1/s1. The van der Waals surface area contributed by atoms with E-state index in [1.54, 1.807) is 0 Å². The lowest BCUT2D eigenvalue weighted by Gasteiger charge is -2.28. The molecule has 1 rings (SSSR count). The number of aromatic nitrogens is 1. The Morgan fingerprint density at radius 3 is 2.60 bits per heavy atom. The van der Waals surface area contributed by atoms with Gasteiger partial charge in [-0.25, -0.2) is 9.78 Å². The van der Waals surface area contributed by atoms with Crippen molar-refractivity contribution in [1.82, 2.24) is 10.3 Å². The summed E-state index contributed by atoms with van der Waals surface area (Å²) in [4.78, 5) is 28.5. The molecule has 1 atom stereocenters. The van der Waals surface area contributed by atoms with Gasteiger partial charge in [-0.15, -0.1) is 0 Å². The van der Waals surface area contributed by atoms with E-state index in [2.05, 4.69) is 15.6 Å². The molecule has 112 valence electrons. The molecule has 0 unspecified atom stereocenters. The number of nitrogens with one attached hydrogen (secondary N) is 2. The van der Waals surface area contributed by atoms with Crippen molar-refractivity contribution in [2.24, 2.45) is 5.41 Å². The number of anilines is 1. The van der Waals surface area contributed by atoms with Gasteiger partial charge in [0.15, 0.2) is 5.13 Å². The fourth-order valence-electron chi connectivity index (χ4n) is 1.56. The van der Waals surface area contributed by atoms with Crippen LogP contribution in [0.1, 0.15) is 37.4 Å². The Morgan fingerprint density at radius 2 is 2.10 bits per heavy atom. The zero-order valence-corrected chi connectivity index (χ0v) is 13.3. The Bertz CT molecular complexity index is 479. The lowest BCUT2D eigenvalue weighted by Crippen LogP contribution is -2.49. The van der Waals surface area contributed by atoms with Crippen LogP contribution in [0.2, 0.25) is 0 Å². The third-order valence-corrected chi connectivity index (χ3v) is 3.59. The highest BCUT2D eigenvalue weighted by Gasteiger charge is 2.34. The van der Waals surface area contributed by atoms with E-state index >= 15 is 0 Å². The number of carbonyl (C=O) groups is 2. The molecule has 1 aromatic rings. The van der Waals surface area contributed by atoms with Crippen LogP contribution in [-0.4, -0.2) is 36.6 Å². The normalized spacial score (nSPS) is 12.7. The minimum atomic E-state index is -0.704. The van der Waals surface area contributed by atoms with Crippen molar-refractivity contribution in [2.75, 3.05) is 19.0 Å². The summed E-state index contributed by atoms with van der Waals surface area (Å²) in [6.07, 6.45) is 1.50. The first-order valence-electron chi connectivity index (χ1n) is 6.38. The predicted octanol–water partition coefficient (Wildman–Crippen LogP) is 1.89. The van der Waals surface area contributed by atoms with Crippen molar-refractivity contribution in [3.05, 3.63) is 11.1 Å². The monoisotopic (exact) mass is 299 g/mol. The van der Waals surface area contributed by atoms with Crippen LogP contribution in [0, 0.1) is 5.41 Å². The molecule has 1 amide bonds. The molecular weight excluding hydrogens is 278 g/mol. The second kappa shape index (κ2) is 6.69. The van der Waals surface area contributed by atoms with E-state index in [0.29, 0.717) is 10.0 Å². The molecule has 6 nitrogen and oxygen atoms in total. The summed E-state index contributed by atoms with van der Waals surface area (Å²) in [5, 5.41) is 6.43. The van der Waals surface area contributed by atoms with E-state index in [1.807, 2.05) is 27.7 Å².